The van der Waals surface area contributed by atoms with Gasteiger partial charge in [0.15, 0.2) is 0 Å². The van der Waals surface area contributed by atoms with Gasteiger partial charge in [0, 0.05) is 37.3 Å². The minimum Gasteiger partial charge on any atom is -0.349 e. The van der Waals surface area contributed by atoms with Crippen molar-refractivity contribution < 1.29 is 13.2 Å². The Morgan fingerprint density at radius 1 is 1.11 bits per heavy atom. The van der Waals surface area contributed by atoms with Crippen LogP contribution >= 0.6 is 0 Å². The normalized spacial score (nSPS) is 29.1. The van der Waals surface area contributed by atoms with Crippen molar-refractivity contribution in [2.24, 2.45) is 5.92 Å². The van der Waals surface area contributed by atoms with E-state index in [4.69, 9.17) is 0 Å². The molecule has 0 radical (unpaired) electrons. The molecule has 28 heavy (non-hydrogen) atoms. The highest BCUT2D eigenvalue weighted by Crippen LogP contribution is 2.27. The van der Waals surface area contributed by atoms with Gasteiger partial charge >= 0.3 is 0 Å². The molecule has 1 aromatic carbocycles. The Balaban J connectivity index is 1.44. The quantitative estimate of drug-likeness (QED) is 0.707. The lowest BCUT2D eigenvalue weighted by molar-refractivity contribution is 0.0918. The van der Waals surface area contributed by atoms with Gasteiger partial charge in [-0.1, -0.05) is 18.9 Å². The molecular weight excluding hydrogens is 376 g/mol. The van der Waals surface area contributed by atoms with Gasteiger partial charge in [0.2, 0.25) is 10.0 Å². The second-order valence-corrected chi connectivity index (χ2v) is 10.2. The van der Waals surface area contributed by atoms with E-state index in [1.54, 1.807) is 22.5 Å². The van der Waals surface area contributed by atoms with Gasteiger partial charge in [-0.15, -0.1) is 0 Å². The van der Waals surface area contributed by atoms with Crippen LogP contribution in [0.2, 0.25) is 0 Å². The number of fused-ring (bicyclic) bond motifs is 1. The number of hydrogen-bond donors (Lipinski definition) is 3. The molecule has 3 fully saturated rings. The number of nitrogens with zero attached hydrogens (tertiary/aromatic N) is 1. The average molecular weight is 407 g/mol. The minimum absolute atomic E-state index is 0.140. The summed E-state index contributed by atoms with van der Waals surface area (Å²) in [5.74, 6) is 0.351. The largest absolute Gasteiger partial charge is 0.349 e. The van der Waals surface area contributed by atoms with Crippen LogP contribution in [0.1, 0.15) is 55.3 Å². The molecule has 3 N–H and O–H groups in total. The molecular formula is C20H30N4O3S. The smallest absolute Gasteiger partial charge is 0.251 e. The molecule has 3 atom stereocenters. The summed E-state index contributed by atoms with van der Waals surface area (Å²) in [7, 11) is -3.55. The van der Waals surface area contributed by atoms with E-state index in [0.29, 0.717) is 30.6 Å². The highest BCUT2D eigenvalue weighted by molar-refractivity contribution is 7.89. The highest BCUT2D eigenvalue weighted by atomic mass is 32.2. The Hall–Kier alpha value is -1.48. The van der Waals surface area contributed by atoms with Crippen LogP contribution in [-0.2, 0) is 10.0 Å². The van der Waals surface area contributed by atoms with Crippen LogP contribution < -0.4 is 16.2 Å². The number of hydrogen-bond acceptors (Lipinski definition) is 5. The third-order valence-corrected chi connectivity index (χ3v) is 8.16. The Labute approximate surface area is 167 Å². The van der Waals surface area contributed by atoms with Gasteiger partial charge in [-0.25, -0.2) is 8.42 Å². The third kappa shape index (κ3) is 4.25. The topological polar surface area (TPSA) is 90.5 Å². The molecule has 2 heterocycles. The van der Waals surface area contributed by atoms with Crippen molar-refractivity contribution in [3.63, 3.8) is 0 Å². The number of benzene rings is 1. The summed E-state index contributed by atoms with van der Waals surface area (Å²) in [6.07, 6.45) is 6.85. The van der Waals surface area contributed by atoms with E-state index in [-0.39, 0.29) is 16.8 Å². The Morgan fingerprint density at radius 3 is 2.68 bits per heavy atom. The van der Waals surface area contributed by atoms with Crippen LogP contribution in [0, 0.1) is 5.92 Å². The van der Waals surface area contributed by atoms with E-state index >= 15 is 0 Å². The number of carbonyl (C=O) groups excluding carboxylic acids is 1. The molecule has 0 aromatic heterocycles. The van der Waals surface area contributed by atoms with E-state index < -0.39 is 10.0 Å². The molecule has 1 aliphatic carbocycles. The zero-order valence-electron chi connectivity index (χ0n) is 16.2. The maximum absolute atomic E-state index is 13.0. The van der Waals surface area contributed by atoms with E-state index in [1.807, 2.05) is 0 Å². The maximum atomic E-state index is 13.0. The van der Waals surface area contributed by atoms with Gasteiger partial charge in [-0.05, 0) is 56.2 Å². The first-order valence-electron chi connectivity index (χ1n) is 10.4. The summed E-state index contributed by atoms with van der Waals surface area (Å²) in [5.41, 5.74) is 6.90. The van der Waals surface area contributed by atoms with E-state index in [0.717, 1.165) is 51.5 Å². The molecule has 7 nitrogen and oxygen atoms in total. The second-order valence-electron chi connectivity index (χ2n) is 8.22. The van der Waals surface area contributed by atoms with Crippen molar-refractivity contribution in [2.45, 2.75) is 61.9 Å². The molecule has 0 bridgehead atoms. The first kappa shape index (κ1) is 19.8. The summed E-state index contributed by atoms with van der Waals surface area (Å²) in [6, 6.07) is 7.12. The number of sulfonamides is 1. The Bertz CT molecular complexity index is 805. The molecule has 2 aliphatic heterocycles. The van der Waals surface area contributed by atoms with Crippen molar-refractivity contribution >= 4 is 15.9 Å². The fourth-order valence-electron chi connectivity index (χ4n) is 4.63. The molecule has 154 valence electrons. The molecule has 0 spiro atoms. The fourth-order valence-corrected chi connectivity index (χ4v) is 6.19. The van der Waals surface area contributed by atoms with Gasteiger partial charge in [0.05, 0.1) is 4.90 Å². The summed E-state index contributed by atoms with van der Waals surface area (Å²) < 4.78 is 27.6. The van der Waals surface area contributed by atoms with Crippen LogP contribution in [0.15, 0.2) is 29.2 Å². The molecule has 1 amide bonds. The molecule has 3 unspecified atom stereocenters. The SMILES string of the molecule is O=C(NC1CCC2NNCC2C1)c1cccc(S(=O)(=O)N2CCCCCC2)c1. The summed E-state index contributed by atoms with van der Waals surface area (Å²) >= 11 is 0. The first-order valence-corrected chi connectivity index (χ1v) is 11.9. The van der Waals surface area contributed by atoms with Crippen LogP contribution in [0.25, 0.3) is 0 Å². The fraction of sp³-hybridized carbons (Fsp3) is 0.650. The number of rotatable bonds is 4. The van der Waals surface area contributed by atoms with Crippen molar-refractivity contribution in [3.05, 3.63) is 29.8 Å². The standard InChI is InChI=1S/C20H30N4O3S/c25-20(22-17-8-9-19-16(12-17)14-21-23-19)15-6-5-7-18(13-15)28(26,27)24-10-3-1-2-4-11-24/h5-7,13,16-17,19,21,23H,1-4,8-12,14H2,(H,22,25). The third-order valence-electron chi connectivity index (χ3n) is 6.27. The van der Waals surface area contributed by atoms with Crippen molar-refractivity contribution in [1.82, 2.24) is 20.5 Å². The molecule has 1 aromatic rings. The Kier molecular flexibility index (Phi) is 6.01. The number of amides is 1. The molecule has 2 saturated heterocycles. The van der Waals surface area contributed by atoms with E-state index in [1.165, 1.54) is 6.07 Å². The van der Waals surface area contributed by atoms with Crippen LogP contribution in [0.3, 0.4) is 0 Å². The minimum atomic E-state index is -3.55. The monoisotopic (exact) mass is 406 g/mol. The van der Waals surface area contributed by atoms with Gasteiger partial charge in [0.1, 0.15) is 0 Å². The van der Waals surface area contributed by atoms with Gasteiger partial charge in [-0.3, -0.25) is 15.6 Å². The maximum Gasteiger partial charge on any atom is 0.251 e. The number of hydrazine groups is 1. The molecule has 3 aliphatic rings. The zero-order chi connectivity index (χ0) is 19.6. The lowest BCUT2D eigenvalue weighted by Gasteiger charge is -2.31. The lowest BCUT2D eigenvalue weighted by Crippen LogP contribution is -2.44. The predicted molar refractivity (Wildman–Crippen MR) is 107 cm³/mol. The molecule has 1 saturated carbocycles. The zero-order valence-corrected chi connectivity index (χ0v) is 17.0. The average Bonchev–Trinajstić information content (AvgIpc) is 2.98. The molecule has 8 heteroatoms. The number of nitrogens with one attached hydrogen (secondary N) is 3. The van der Waals surface area contributed by atoms with Crippen molar-refractivity contribution in [2.75, 3.05) is 19.6 Å². The second kappa shape index (κ2) is 8.49. The van der Waals surface area contributed by atoms with Gasteiger partial charge < -0.3 is 5.32 Å². The van der Waals surface area contributed by atoms with Crippen molar-refractivity contribution in [1.29, 1.82) is 0 Å². The van der Waals surface area contributed by atoms with Gasteiger partial charge in [0.25, 0.3) is 5.91 Å². The van der Waals surface area contributed by atoms with Crippen LogP contribution in [-0.4, -0.2) is 50.3 Å². The Morgan fingerprint density at radius 2 is 1.89 bits per heavy atom. The van der Waals surface area contributed by atoms with Crippen LogP contribution in [0.4, 0.5) is 0 Å². The van der Waals surface area contributed by atoms with E-state index in [9.17, 15) is 13.2 Å². The highest BCUT2D eigenvalue weighted by Gasteiger charge is 2.34. The first-order chi connectivity index (χ1) is 13.5. The molecule has 4 rings (SSSR count). The number of carbonyl (C=O) groups is 1. The van der Waals surface area contributed by atoms with E-state index in [2.05, 4.69) is 16.2 Å². The summed E-state index contributed by atoms with van der Waals surface area (Å²) in [4.78, 5) is 13.0. The van der Waals surface area contributed by atoms with Gasteiger partial charge in [-0.2, -0.15) is 4.31 Å². The van der Waals surface area contributed by atoms with Crippen molar-refractivity contribution in [3.8, 4) is 0 Å². The predicted octanol–water partition coefficient (Wildman–Crippen LogP) is 1.63. The summed E-state index contributed by atoms with van der Waals surface area (Å²) in [6.45, 7) is 2.05. The summed E-state index contributed by atoms with van der Waals surface area (Å²) in [5, 5.41) is 3.11. The van der Waals surface area contributed by atoms with Crippen LogP contribution in [0.5, 0.6) is 0 Å². The lowest BCUT2D eigenvalue weighted by atomic mass is 9.83.